The number of nitrogens with one attached hydrogen (secondary N) is 1. The fourth-order valence-corrected chi connectivity index (χ4v) is 3.42. The Hall–Kier alpha value is -3.76. The number of aromatic nitrogens is 3. The second-order valence-electron chi connectivity index (χ2n) is 6.99. The van der Waals surface area contributed by atoms with Crippen molar-refractivity contribution in [2.75, 3.05) is 16.5 Å². The summed E-state index contributed by atoms with van der Waals surface area (Å²) in [6, 6.07) is 6.45. The number of benzene rings is 1. The van der Waals surface area contributed by atoms with E-state index < -0.39 is 23.6 Å². The fraction of sp³-hybridized carbons (Fsp3) is 0.200. The minimum Gasteiger partial charge on any atom is -0.324 e. The summed E-state index contributed by atoms with van der Waals surface area (Å²) in [6.45, 7) is 2.96. The highest BCUT2D eigenvalue weighted by Crippen LogP contribution is 2.37. The van der Waals surface area contributed by atoms with Gasteiger partial charge in [-0.3, -0.25) is 14.5 Å². The summed E-state index contributed by atoms with van der Waals surface area (Å²) in [5.41, 5.74) is -0.395. The molecule has 1 N–H and O–H groups in total. The molecule has 1 aliphatic rings. The molecule has 2 aromatic heterocycles. The molecule has 0 fully saturated rings. The number of aromatic amines is 1. The van der Waals surface area contributed by atoms with Crippen LogP contribution in [0.25, 0.3) is 0 Å². The van der Waals surface area contributed by atoms with Gasteiger partial charge in [0.2, 0.25) is 5.56 Å². The molecule has 0 saturated carbocycles. The molecule has 7 nitrogen and oxygen atoms in total. The number of hydrogen-bond donors (Lipinski definition) is 1. The van der Waals surface area contributed by atoms with Crippen molar-refractivity contribution in [1.29, 1.82) is 0 Å². The van der Waals surface area contributed by atoms with Gasteiger partial charge in [-0.15, -0.1) is 0 Å². The van der Waals surface area contributed by atoms with E-state index in [1.807, 2.05) is 0 Å². The molecular formula is C20H15F4N5O2. The topological polar surface area (TPSA) is 82.2 Å². The standard InChI is InChI=1S/C20H15F4N5O2/c1-10-7-12(21)3-4-13(10)28-9-29(14-5-6-16(30)26-11(14)2)19(31)17-18(28)27-15(8-25-17)20(22,23)24/h3-8H,9H2,1-2H3,(H,26,30). The first-order valence-corrected chi connectivity index (χ1v) is 9.06. The number of H-pyrrole nitrogens is 1. The van der Waals surface area contributed by atoms with E-state index in [4.69, 9.17) is 0 Å². The van der Waals surface area contributed by atoms with Gasteiger partial charge in [-0.2, -0.15) is 13.2 Å². The van der Waals surface area contributed by atoms with Crippen LogP contribution in [0.3, 0.4) is 0 Å². The minimum atomic E-state index is -4.76. The maximum absolute atomic E-state index is 13.6. The molecule has 0 atom stereocenters. The van der Waals surface area contributed by atoms with Crippen LogP contribution in [-0.2, 0) is 6.18 Å². The largest absolute Gasteiger partial charge is 0.434 e. The molecule has 3 aromatic rings. The third-order valence-electron chi connectivity index (χ3n) is 4.86. The Balaban J connectivity index is 1.93. The highest BCUT2D eigenvalue weighted by atomic mass is 19.4. The lowest BCUT2D eigenvalue weighted by Gasteiger charge is -2.37. The normalized spacial score (nSPS) is 14.1. The van der Waals surface area contributed by atoms with Gasteiger partial charge in [-0.25, -0.2) is 14.4 Å². The first-order chi connectivity index (χ1) is 14.6. The van der Waals surface area contributed by atoms with E-state index in [1.54, 1.807) is 13.8 Å². The van der Waals surface area contributed by atoms with Gasteiger partial charge >= 0.3 is 6.18 Å². The van der Waals surface area contributed by atoms with Crippen molar-refractivity contribution < 1.29 is 22.4 Å². The zero-order valence-electron chi connectivity index (χ0n) is 16.3. The van der Waals surface area contributed by atoms with Crippen LogP contribution in [0.4, 0.5) is 34.8 Å². The SMILES string of the molecule is Cc1cc(F)ccc1N1CN(c2ccc(=O)[nH]c2C)C(=O)c2ncc(C(F)(F)F)nc21. The summed E-state index contributed by atoms with van der Waals surface area (Å²) in [5.74, 6) is -1.48. The van der Waals surface area contributed by atoms with E-state index in [9.17, 15) is 27.2 Å². The second-order valence-corrected chi connectivity index (χ2v) is 6.99. The first kappa shape index (κ1) is 20.5. The lowest BCUT2D eigenvalue weighted by molar-refractivity contribution is -0.141. The monoisotopic (exact) mass is 433 g/mol. The number of hydrogen-bond acceptors (Lipinski definition) is 5. The third kappa shape index (κ3) is 3.62. The zero-order valence-corrected chi connectivity index (χ0v) is 16.3. The Morgan fingerprint density at radius 1 is 1.03 bits per heavy atom. The molecule has 0 aliphatic carbocycles. The Morgan fingerprint density at radius 2 is 1.74 bits per heavy atom. The van der Waals surface area contributed by atoms with E-state index in [0.717, 1.165) is 6.07 Å². The lowest BCUT2D eigenvalue weighted by atomic mass is 10.1. The Morgan fingerprint density at radius 3 is 2.39 bits per heavy atom. The summed E-state index contributed by atoms with van der Waals surface area (Å²) in [4.78, 5) is 37.3. The van der Waals surface area contributed by atoms with Crippen molar-refractivity contribution in [3.63, 3.8) is 0 Å². The molecule has 1 amide bonds. The van der Waals surface area contributed by atoms with Crippen LogP contribution in [0.15, 0.2) is 41.3 Å². The van der Waals surface area contributed by atoms with E-state index in [2.05, 4.69) is 15.0 Å². The molecule has 1 aliphatic heterocycles. The van der Waals surface area contributed by atoms with Gasteiger partial charge in [-0.1, -0.05) is 0 Å². The Kier molecular flexibility index (Phi) is 4.75. The van der Waals surface area contributed by atoms with E-state index >= 15 is 0 Å². The molecule has 1 aromatic carbocycles. The number of alkyl halides is 3. The number of amides is 1. The number of carbonyl (C=O) groups is 1. The van der Waals surface area contributed by atoms with Crippen molar-refractivity contribution in [2.45, 2.75) is 20.0 Å². The van der Waals surface area contributed by atoms with Gasteiger partial charge in [0, 0.05) is 17.4 Å². The smallest absolute Gasteiger partial charge is 0.324 e. The molecule has 3 heterocycles. The van der Waals surface area contributed by atoms with Gasteiger partial charge < -0.3 is 9.88 Å². The number of nitrogens with zero attached hydrogens (tertiary/aromatic N) is 4. The van der Waals surface area contributed by atoms with Crippen LogP contribution in [0, 0.1) is 19.7 Å². The van der Waals surface area contributed by atoms with Gasteiger partial charge in [-0.05, 0) is 43.7 Å². The summed E-state index contributed by atoms with van der Waals surface area (Å²) in [6.07, 6.45) is -4.27. The molecule has 0 saturated heterocycles. The lowest BCUT2D eigenvalue weighted by Crippen LogP contribution is -2.47. The van der Waals surface area contributed by atoms with E-state index in [0.29, 0.717) is 28.8 Å². The summed E-state index contributed by atoms with van der Waals surface area (Å²) in [5, 5.41) is 0. The number of halogens is 4. The summed E-state index contributed by atoms with van der Waals surface area (Å²) >= 11 is 0. The predicted molar refractivity (Wildman–Crippen MR) is 104 cm³/mol. The second kappa shape index (κ2) is 7.18. The van der Waals surface area contributed by atoms with E-state index in [1.165, 1.54) is 34.1 Å². The molecule has 31 heavy (non-hydrogen) atoms. The number of fused-ring (bicyclic) bond motifs is 1. The Labute approximate surface area is 173 Å². The zero-order chi connectivity index (χ0) is 22.5. The number of pyridine rings is 1. The van der Waals surface area contributed by atoms with Crippen molar-refractivity contribution >= 4 is 23.1 Å². The quantitative estimate of drug-likeness (QED) is 0.624. The number of rotatable bonds is 2. The number of anilines is 3. The molecule has 0 bridgehead atoms. The van der Waals surface area contributed by atoms with Crippen LogP contribution in [0.2, 0.25) is 0 Å². The van der Waals surface area contributed by atoms with Crippen LogP contribution in [-0.4, -0.2) is 27.5 Å². The molecular weight excluding hydrogens is 418 g/mol. The maximum Gasteiger partial charge on any atom is 0.434 e. The van der Waals surface area contributed by atoms with Gasteiger partial charge in [0.05, 0.1) is 11.9 Å². The first-order valence-electron chi connectivity index (χ1n) is 9.06. The van der Waals surface area contributed by atoms with E-state index in [-0.39, 0.29) is 23.7 Å². The molecule has 0 unspecified atom stereocenters. The molecule has 160 valence electrons. The molecule has 0 spiro atoms. The Bertz CT molecular complexity index is 1260. The van der Waals surface area contributed by atoms with Crippen molar-refractivity contribution in [3.05, 3.63) is 75.3 Å². The summed E-state index contributed by atoms with van der Waals surface area (Å²) in [7, 11) is 0. The number of aryl methyl sites for hydroxylation is 2. The fourth-order valence-electron chi connectivity index (χ4n) is 3.42. The maximum atomic E-state index is 13.6. The van der Waals surface area contributed by atoms with Crippen LogP contribution in [0.5, 0.6) is 0 Å². The molecule has 11 heteroatoms. The predicted octanol–water partition coefficient (Wildman–Crippen LogP) is 3.70. The van der Waals surface area contributed by atoms with Crippen molar-refractivity contribution in [2.24, 2.45) is 0 Å². The van der Waals surface area contributed by atoms with Gasteiger partial charge in [0.15, 0.2) is 17.2 Å². The van der Waals surface area contributed by atoms with Crippen LogP contribution >= 0.6 is 0 Å². The van der Waals surface area contributed by atoms with Crippen molar-refractivity contribution in [3.8, 4) is 0 Å². The molecule has 0 radical (unpaired) electrons. The van der Waals surface area contributed by atoms with Crippen LogP contribution in [0.1, 0.15) is 27.4 Å². The van der Waals surface area contributed by atoms with Crippen LogP contribution < -0.4 is 15.4 Å². The minimum absolute atomic E-state index is 0.221. The average molecular weight is 433 g/mol. The third-order valence-corrected chi connectivity index (χ3v) is 4.86. The average Bonchev–Trinajstić information content (AvgIpc) is 2.68. The summed E-state index contributed by atoms with van der Waals surface area (Å²) < 4.78 is 53.4. The van der Waals surface area contributed by atoms with Gasteiger partial charge in [0.25, 0.3) is 5.91 Å². The molecule has 4 rings (SSSR count). The highest BCUT2D eigenvalue weighted by Gasteiger charge is 2.39. The number of carbonyl (C=O) groups excluding carboxylic acids is 1. The highest BCUT2D eigenvalue weighted by molar-refractivity contribution is 6.10. The van der Waals surface area contributed by atoms with Crippen molar-refractivity contribution in [1.82, 2.24) is 15.0 Å². The van der Waals surface area contributed by atoms with Gasteiger partial charge in [0.1, 0.15) is 12.5 Å².